The molecule has 4 nitrogen and oxygen atoms in total. The smallest absolute Gasteiger partial charge is 0.331 e. The third-order valence-corrected chi connectivity index (χ3v) is 0.446. The van der Waals surface area contributed by atoms with Gasteiger partial charge in [-0.05, 0) is 0 Å². The number of carbonyl (C=O) groups is 2. The monoisotopic (exact) mass is 139 g/mol. The molecular formula is C5H6O4. The van der Waals surface area contributed by atoms with Crippen LogP contribution in [0.15, 0.2) is 12.1 Å². The normalized spacial score (nSPS) is 16.0. The molecule has 0 saturated carbocycles. The van der Waals surface area contributed by atoms with Crippen molar-refractivity contribution in [3.8, 4) is 0 Å². The Labute approximate surface area is 57.0 Å². The predicted octanol–water partition coefficient (Wildman–Crippen LogP) is 0.102. The maximum Gasteiger partial charge on any atom is 0.331 e. The van der Waals surface area contributed by atoms with E-state index < -0.39 is 30.4 Å². The summed E-state index contributed by atoms with van der Waals surface area (Å²) in [6.07, 6.45) is -3.22. The van der Waals surface area contributed by atoms with Gasteiger partial charge in [0.1, 0.15) is 0 Å². The van der Waals surface area contributed by atoms with Crippen molar-refractivity contribution in [2.45, 2.75) is 6.37 Å². The van der Waals surface area contributed by atoms with Gasteiger partial charge in [-0.3, -0.25) is 4.79 Å². The van der Waals surface area contributed by atoms with E-state index in [2.05, 4.69) is 0 Å². The molecule has 0 radical (unpaired) electrons. The van der Waals surface area contributed by atoms with Crippen molar-refractivity contribution < 1.29 is 25.3 Å². The lowest BCUT2D eigenvalue weighted by atomic mass is 11.2. The van der Waals surface area contributed by atoms with Gasteiger partial charge in [-0.15, -0.1) is 0 Å². The first-order chi connectivity index (χ1) is 5.71. The van der Waals surface area contributed by atoms with Gasteiger partial charge in [0, 0.05) is 8.31 Å². The average Bonchev–Trinajstić information content (AvgIpc) is 1.82. The minimum Gasteiger partial charge on any atom is -0.481 e. The number of hydrogen-bond acceptors (Lipinski definition) is 2. The topological polar surface area (TPSA) is 74.6 Å². The first kappa shape index (κ1) is 3.00. The van der Waals surface area contributed by atoms with Crippen molar-refractivity contribution in [3.63, 3.8) is 0 Å². The van der Waals surface area contributed by atoms with Gasteiger partial charge in [-0.25, -0.2) is 4.79 Å². The predicted molar refractivity (Wildman–Crippen MR) is 29.0 cm³/mol. The molecule has 0 aliphatic carbocycles. The SMILES string of the molecule is [2H][13C]([2H])=[13C]([13C](=O)O)[13C]([2H])([2H])[13C](=O)O. The molecule has 0 unspecified atom stereocenters. The molecule has 2 N–H and O–H groups in total. The number of rotatable bonds is 3. The van der Waals surface area contributed by atoms with Crippen molar-refractivity contribution in [1.29, 1.82) is 0 Å². The third kappa shape index (κ3) is 3.28. The van der Waals surface area contributed by atoms with E-state index in [1.54, 1.807) is 0 Å². The Kier molecular flexibility index (Phi) is 0.955. The number of carboxylic acids is 2. The van der Waals surface area contributed by atoms with Gasteiger partial charge >= 0.3 is 11.9 Å². The van der Waals surface area contributed by atoms with Crippen LogP contribution in [0.4, 0.5) is 0 Å². The van der Waals surface area contributed by atoms with Gasteiger partial charge < -0.3 is 10.2 Å². The fraction of sp³-hybridized carbons (Fsp3) is 0.200. The zero-order valence-electron chi connectivity index (χ0n) is 8.21. The summed E-state index contributed by atoms with van der Waals surface area (Å²) < 4.78 is 26.7. The molecule has 50 valence electrons. The first-order valence-electron chi connectivity index (χ1n) is 3.86. The molecule has 0 amide bonds. The van der Waals surface area contributed by atoms with Crippen LogP contribution in [-0.4, -0.2) is 22.2 Å². The fourth-order valence-electron chi connectivity index (χ4n) is 0.160. The zero-order valence-corrected chi connectivity index (χ0v) is 4.21. The van der Waals surface area contributed by atoms with E-state index in [9.17, 15) is 9.59 Å². The molecule has 0 heterocycles. The highest BCUT2D eigenvalue weighted by atomic mass is 16.5. The summed E-state index contributed by atoms with van der Waals surface area (Å²) in [5.41, 5.74) is -1.39. The van der Waals surface area contributed by atoms with E-state index in [0.29, 0.717) is 0 Å². The van der Waals surface area contributed by atoms with Crippen molar-refractivity contribution in [2.24, 2.45) is 0 Å². The van der Waals surface area contributed by atoms with Crippen LogP contribution in [0.3, 0.4) is 0 Å². The van der Waals surface area contributed by atoms with Crippen LogP contribution in [-0.2, 0) is 9.59 Å². The van der Waals surface area contributed by atoms with Gasteiger partial charge in [0.25, 0.3) is 0 Å². The Hall–Kier alpha value is -1.32. The van der Waals surface area contributed by atoms with Crippen LogP contribution < -0.4 is 0 Å². The molecule has 0 atom stereocenters. The van der Waals surface area contributed by atoms with Crippen LogP contribution in [0.1, 0.15) is 11.9 Å². The number of aliphatic carboxylic acids is 2. The minimum atomic E-state index is -3.22. The highest BCUT2D eigenvalue weighted by molar-refractivity contribution is 5.91. The fourth-order valence-corrected chi connectivity index (χ4v) is 0.160. The molecule has 0 rings (SSSR count). The lowest BCUT2D eigenvalue weighted by Crippen LogP contribution is -2.04. The minimum absolute atomic E-state index is 1.36. The van der Waals surface area contributed by atoms with Crippen LogP contribution in [0.2, 0.25) is 0 Å². The molecule has 0 aliphatic rings. The van der Waals surface area contributed by atoms with E-state index in [-0.39, 0.29) is 0 Å². The van der Waals surface area contributed by atoms with Crippen molar-refractivity contribution in [2.75, 3.05) is 0 Å². The number of carboxylic acid groups (broad SMARTS) is 2. The summed E-state index contributed by atoms with van der Waals surface area (Å²) >= 11 is 0. The maximum atomic E-state index is 10.3. The third-order valence-electron chi connectivity index (χ3n) is 0.446. The lowest BCUT2D eigenvalue weighted by molar-refractivity contribution is -0.139. The van der Waals surface area contributed by atoms with E-state index in [1.807, 2.05) is 0 Å². The second-order valence-electron chi connectivity index (χ2n) is 1.11. The Morgan fingerprint density at radius 2 is 2.22 bits per heavy atom. The molecule has 0 aromatic rings. The van der Waals surface area contributed by atoms with Crippen LogP contribution in [0.25, 0.3) is 0 Å². The average molecular weight is 139 g/mol. The molecule has 4 heteroatoms. The van der Waals surface area contributed by atoms with Crippen molar-refractivity contribution in [1.82, 2.24) is 0 Å². The summed E-state index contributed by atoms with van der Waals surface area (Å²) in [5.74, 6) is -3.96. The van der Waals surface area contributed by atoms with E-state index in [4.69, 9.17) is 15.7 Å². The van der Waals surface area contributed by atoms with Gasteiger partial charge in [0.05, 0.1) is 9.11 Å². The second-order valence-corrected chi connectivity index (χ2v) is 1.11. The quantitative estimate of drug-likeness (QED) is 0.429. The van der Waals surface area contributed by atoms with Crippen LogP contribution in [0, 0.1) is 0 Å². The van der Waals surface area contributed by atoms with Gasteiger partial charge in [0.2, 0.25) is 0 Å². The van der Waals surface area contributed by atoms with E-state index in [0.717, 1.165) is 0 Å². The molecule has 0 spiro atoms. The van der Waals surface area contributed by atoms with Gasteiger partial charge in [0.15, 0.2) is 0 Å². The Morgan fingerprint density at radius 3 is 2.33 bits per heavy atom. The molecule has 0 aliphatic heterocycles. The molecule has 0 fully saturated rings. The van der Waals surface area contributed by atoms with E-state index in [1.165, 1.54) is 0 Å². The lowest BCUT2D eigenvalue weighted by Gasteiger charge is -1.91. The summed E-state index contributed by atoms with van der Waals surface area (Å²) in [6.45, 7) is -1.36. The molecule has 0 saturated heterocycles. The molecule has 0 aromatic carbocycles. The second kappa shape index (κ2) is 2.86. The van der Waals surface area contributed by atoms with Crippen LogP contribution >= 0.6 is 0 Å². The Morgan fingerprint density at radius 1 is 1.67 bits per heavy atom. The summed E-state index contributed by atoms with van der Waals surface area (Å²) in [4.78, 5) is 20.5. The molecule has 0 aromatic heterocycles. The molecular weight excluding hydrogens is 129 g/mol. The standard InChI is InChI=1S/C5H6O4/c1-3(5(8)9)2-4(6)7/h1-2H2,(H,6,7)(H,8,9)/i1+1D2,2+1D2,3+1,4+1,5+1. The molecule has 9 heavy (non-hydrogen) atoms. The Bertz CT molecular complexity index is 278. The van der Waals surface area contributed by atoms with Gasteiger partial charge in [-0.1, -0.05) is 6.53 Å². The Balaban J connectivity index is 5.35. The maximum absolute atomic E-state index is 10.3. The first-order valence-corrected chi connectivity index (χ1v) is 1.86. The largest absolute Gasteiger partial charge is 0.481 e. The zero-order chi connectivity index (χ0) is 10.8. The summed E-state index contributed by atoms with van der Waals surface area (Å²) in [5, 5.41) is 16.6. The van der Waals surface area contributed by atoms with Crippen LogP contribution in [0.5, 0.6) is 0 Å². The molecule has 0 bridgehead atoms. The summed E-state index contributed by atoms with van der Waals surface area (Å²) in [6, 6.07) is 0. The van der Waals surface area contributed by atoms with E-state index >= 15 is 0 Å². The number of hydrogen-bond donors (Lipinski definition) is 2. The van der Waals surface area contributed by atoms with Crippen molar-refractivity contribution in [3.05, 3.63) is 12.1 Å². The van der Waals surface area contributed by atoms with Crippen molar-refractivity contribution >= 4 is 11.9 Å². The highest BCUT2D eigenvalue weighted by Crippen LogP contribution is 1.95. The summed E-state index contributed by atoms with van der Waals surface area (Å²) in [7, 11) is 0. The highest BCUT2D eigenvalue weighted by Gasteiger charge is 2.07. The van der Waals surface area contributed by atoms with Gasteiger partial charge in [-0.2, -0.15) is 0 Å².